The number of benzene rings is 1. The number of rotatable bonds is 4. The molecule has 0 spiro atoms. The average molecular weight is 274 g/mol. The Kier molecular flexibility index (Phi) is 4.22. The molecule has 0 aliphatic carbocycles. The van der Waals surface area contributed by atoms with E-state index in [9.17, 15) is 5.26 Å². The summed E-state index contributed by atoms with van der Waals surface area (Å²) < 4.78 is 4.98. The fourth-order valence-electron chi connectivity index (χ4n) is 1.62. The van der Waals surface area contributed by atoms with Crippen molar-refractivity contribution in [3.8, 4) is 11.9 Å². The molecule has 4 nitrogen and oxygen atoms in total. The molecule has 0 aliphatic rings. The van der Waals surface area contributed by atoms with Gasteiger partial charge in [0.25, 0.3) is 0 Å². The fraction of sp³-hybridized carbons (Fsp3) is 0.143. The summed E-state index contributed by atoms with van der Waals surface area (Å²) >= 11 is 5.91. The molecule has 0 amide bonds. The van der Waals surface area contributed by atoms with E-state index in [4.69, 9.17) is 16.3 Å². The van der Waals surface area contributed by atoms with Gasteiger partial charge in [0, 0.05) is 28.5 Å². The minimum atomic E-state index is -0.489. The number of anilines is 1. The van der Waals surface area contributed by atoms with E-state index in [-0.39, 0.29) is 0 Å². The first-order valence-corrected chi connectivity index (χ1v) is 6.02. The summed E-state index contributed by atoms with van der Waals surface area (Å²) in [7, 11) is 1.55. The van der Waals surface area contributed by atoms with E-state index >= 15 is 0 Å². The van der Waals surface area contributed by atoms with E-state index < -0.39 is 6.04 Å². The molecule has 0 aliphatic heterocycles. The molecule has 96 valence electrons. The Labute approximate surface area is 116 Å². The SMILES string of the molecule is COc1ccc(C(C#N)Nc2cccc(Cl)c2)cn1. The minimum Gasteiger partial charge on any atom is -0.481 e. The van der Waals surface area contributed by atoms with Crippen LogP contribution in [0.5, 0.6) is 5.88 Å². The average Bonchev–Trinajstić information content (AvgIpc) is 2.45. The normalized spacial score (nSPS) is 11.4. The van der Waals surface area contributed by atoms with Crippen molar-refractivity contribution in [1.82, 2.24) is 4.98 Å². The molecule has 5 heteroatoms. The Morgan fingerprint density at radius 2 is 2.21 bits per heavy atom. The quantitative estimate of drug-likeness (QED) is 0.927. The molecule has 1 heterocycles. The van der Waals surface area contributed by atoms with E-state index in [1.807, 2.05) is 12.1 Å². The van der Waals surface area contributed by atoms with Crippen LogP contribution in [0.1, 0.15) is 11.6 Å². The Morgan fingerprint density at radius 3 is 2.79 bits per heavy atom. The number of nitriles is 1. The fourth-order valence-corrected chi connectivity index (χ4v) is 1.81. The number of halogens is 1. The Balaban J connectivity index is 2.18. The van der Waals surface area contributed by atoms with Crippen molar-refractivity contribution in [1.29, 1.82) is 5.26 Å². The number of hydrogen-bond donors (Lipinski definition) is 1. The number of ether oxygens (including phenoxy) is 1. The third kappa shape index (κ3) is 3.36. The van der Waals surface area contributed by atoms with Gasteiger partial charge in [0.2, 0.25) is 5.88 Å². The van der Waals surface area contributed by atoms with Gasteiger partial charge in [-0.3, -0.25) is 0 Å². The highest BCUT2D eigenvalue weighted by Gasteiger charge is 2.11. The second-order valence-corrected chi connectivity index (χ2v) is 4.29. The summed E-state index contributed by atoms with van der Waals surface area (Å²) in [6, 6.07) is 12.5. The van der Waals surface area contributed by atoms with Crippen molar-refractivity contribution in [3.63, 3.8) is 0 Å². The van der Waals surface area contributed by atoms with Crippen molar-refractivity contribution < 1.29 is 4.74 Å². The maximum absolute atomic E-state index is 9.23. The molecule has 1 aromatic heterocycles. The number of nitrogens with zero attached hydrogens (tertiary/aromatic N) is 2. The van der Waals surface area contributed by atoms with E-state index in [1.165, 1.54) is 0 Å². The molecule has 1 N–H and O–H groups in total. The van der Waals surface area contributed by atoms with Crippen LogP contribution in [-0.4, -0.2) is 12.1 Å². The lowest BCUT2D eigenvalue weighted by molar-refractivity contribution is 0.397. The van der Waals surface area contributed by atoms with Gasteiger partial charge in [-0.2, -0.15) is 5.26 Å². The number of aromatic nitrogens is 1. The standard InChI is InChI=1S/C14H12ClN3O/c1-19-14-6-5-10(9-17-14)13(8-16)18-12-4-2-3-11(15)7-12/h2-7,9,13,18H,1H3. The van der Waals surface area contributed by atoms with Crippen molar-refractivity contribution in [2.24, 2.45) is 0 Å². The molecule has 1 aromatic carbocycles. The monoisotopic (exact) mass is 273 g/mol. The Morgan fingerprint density at radius 1 is 1.37 bits per heavy atom. The largest absolute Gasteiger partial charge is 0.481 e. The molecular formula is C14H12ClN3O. The molecular weight excluding hydrogens is 262 g/mol. The number of hydrogen-bond acceptors (Lipinski definition) is 4. The first kappa shape index (κ1) is 13.2. The number of pyridine rings is 1. The predicted octanol–water partition coefficient (Wildman–Crippen LogP) is 3.42. The van der Waals surface area contributed by atoms with Crippen LogP contribution in [0.25, 0.3) is 0 Å². The summed E-state index contributed by atoms with van der Waals surface area (Å²) in [5.41, 5.74) is 1.55. The van der Waals surface area contributed by atoms with Crippen molar-refractivity contribution >= 4 is 17.3 Å². The maximum Gasteiger partial charge on any atom is 0.212 e. The molecule has 2 rings (SSSR count). The van der Waals surface area contributed by atoms with Gasteiger partial charge < -0.3 is 10.1 Å². The van der Waals surface area contributed by atoms with Gasteiger partial charge in [0.05, 0.1) is 13.2 Å². The summed E-state index contributed by atoms with van der Waals surface area (Å²) in [6.45, 7) is 0. The maximum atomic E-state index is 9.23. The van der Waals surface area contributed by atoms with Gasteiger partial charge in [-0.15, -0.1) is 0 Å². The molecule has 0 fully saturated rings. The van der Waals surface area contributed by atoms with Crippen LogP contribution in [0.3, 0.4) is 0 Å². The topological polar surface area (TPSA) is 57.9 Å². The number of nitrogens with one attached hydrogen (secondary N) is 1. The Hall–Kier alpha value is -2.25. The molecule has 19 heavy (non-hydrogen) atoms. The molecule has 1 unspecified atom stereocenters. The third-order valence-electron chi connectivity index (χ3n) is 2.57. The highest BCUT2D eigenvalue weighted by atomic mass is 35.5. The summed E-state index contributed by atoms with van der Waals surface area (Å²) in [5.74, 6) is 0.517. The summed E-state index contributed by atoms with van der Waals surface area (Å²) in [4.78, 5) is 4.09. The van der Waals surface area contributed by atoms with Gasteiger partial charge in [-0.25, -0.2) is 4.98 Å². The second kappa shape index (κ2) is 6.07. The second-order valence-electron chi connectivity index (χ2n) is 3.85. The number of methoxy groups -OCH3 is 1. The van der Waals surface area contributed by atoms with Gasteiger partial charge in [0.15, 0.2) is 0 Å². The lowest BCUT2D eigenvalue weighted by atomic mass is 10.1. The van der Waals surface area contributed by atoms with E-state index in [1.54, 1.807) is 37.6 Å². The molecule has 0 radical (unpaired) electrons. The van der Waals surface area contributed by atoms with Gasteiger partial charge in [-0.05, 0) is 24.3 Å². The van der Waals surface area contributed by atoms with Crippen LogP contribution < -0.4 is 10.1 Å². The molecule has 1 atom stereocenters. The minimum absolute atomic E-state index is 0.489. The first-order valence-electron chi connectivity index (χ1n) is 5.64. The smallest absolute Gasteiger partial charge is 0.212 e. The van der Waals surface area contributed by atoms with Gasteiger partial charge in [0.1, 0.15) is 6.04 Å². The van der Waals surface area contributed by atoms with Crippen molar-refractivity contribution in [2.45, 2.75) is 6.04 Å². The van der Waals surface area contributed by atoms with Gasteiger partial charge >= 0.3 is 0 Å². The van der Waals surface area contributed by atoms with Crippen LogP contribution in [0.15, 0.2) is 42.6 Å². The zero-order valence-corrected chi connectivity index (χ0v) is 11.1. The van der Waals surface area contributed by atoms with E-state index in [2.05, 4.69) is 16.4 Å². The van der Waals surface area contributed by atoms with Crippen LogP contribution in [0, 0.1) is 11.3 Å². The van der Waals surface area contributed by atoms with Crippen LogP contribution >= 0.6 is 11.6 Å². The van der Waals surface area contributed by atoms with E-state index in [0.717, 1.165) is 11.3 Å². The van der Waals surface area contributed by atoms with E-state index in [0.29, 0.717) is 10.9 Å². The highest BCUT2D eigenvalue weighted by molar-refractivity contribution is 6.30. The lowest BCUT2D eigenvalue weighted by Gasteiger charge is -2.13. The van der Waals surface area contributed by atoms with Crippen LogP contribution in [0.4, 0.5) is 5.69 Å². The van der Waals surface area contributed by atoms with Crippen molar-refractivity contribution in [2.75, 3.05) is 12.4 Å². The summed E-state index contributed by atoms with van der Waals surface area (Å²) in [5, 5.41) is 12.9. The third-order valence-corrected chi connectivity index (χ3v) is 2.80. The van der Waals surface area contributed by atoms with Gasteiger partial charge in [-0.1, -0.05) is 17.7 Å². The predicted molar refractivity (Wildman–Crippen MR) is 74.2 cm³/mol. The van der Waals surface area contributed by atoms with Crippen LogP contribution in [0.2, 0.25) is 5.02 Å². The Bertz CT molecular complexity index is 592. The van der Waals surface area contributed by atoms with Crippen LogP contribution in [-0.2, 0) is 0 Å². The zero-order chi connectivity index (χ0) is 13.7. The first-order chi connectivity index (χ1) is 9.22. The van der Waals surface area contributed by atoms with Crippen molar-refractivity contribution in [3.05, 3.63) is 53.2 Å². The highest BCUT2D eigenvalue weighted by Crippen LogP contribution is 2.22. The molecule has 0 saturated carbocycles. The molecule has 0 bridgehead atoms. The molecule has 0 saturated heterocycles. The zero-order valence-electron chi connectivity index (χ0n) is 10.3. The molecule has 2 aromatic rings. The lowest BCUT2D eigenvalue weighted by Crippen LogP contribution is -2.08. The summed E-state index contributed by atoms with van der Waals surface area (Å²) in [6.07, 6.45) is 1.62.